The first-order valence-corrected chi connectivity index (χ1v) is 20.1. The summed E-state index contributed by atoms with van der Waals surface area (Å²) in [6, 6.07) is 47.2. The summed E-state index contributed by atoms with van der Waals surface area (Å²) in [5, 5.41) is 4.88. The summed E-state index contributed by atoms with van der Waals surface area (Å²) < 4.78 is 6.94. The van der Waals surface area contributed by atoms with Crippen LogP contribution in [0.5, 0.6) is 0 Å². The van der Waals surface area contributed by atoms with E-state index < -0.39 is 8.07 Å². The molecule has 0 radical (unpaired) electrons. The number of aromatic nitrogens is 4. The van der Waals surface area contributed by atoms with E-state index in [4.69, 9.17) is 4.98 Å². The molecule has 8 aromatic rings. The summed E-state index contributed by atoms with van der Waals surface area (Å²) in [4.78, 5) is 4.95. The molecule has 0 spiro atoms. The van der Waals surface area contributed by atoms with Gasteiger partial charge in [-0.05, 0) is 92.6 Å². The molecular weight excluding hydrogens is 808 g/mol. The average molecular weight is 849 g/mol. The first-order chi connectivity index (χ1) is 23.5. The topological polar surface area (TPSA) is 27.7 Å². The van der Waals surface area contributed by atoms with Gasteiger partial charge in [-0.25, -0.2) is 14.1 Å². The number of imidazole rings is 1. The monoisotopic (exact) mass is 848 g/mol. The zero-order chi connectivity index (χ0) is 34.1. The van der Waals surface area contributed by atoms with E-state index in [1.807, 2.05) is 6.20 Å². The van der Waals surface area contributed by atoms with Gasteiger partial charge < -0.3 is 4.57 Å². The molecule has 0 N–H and O–H groups in total. The van der Waals surface area contributed by atoms with Crippen molar-refractivity contribution in [2.75, 3.05) is 0 Å². The summed E-state index contributed by atoms with van der Waals surface area (Å²) >= 11 is 0. The minimum atomic E-state index is -2.25. The second kappa shape index (κ2) is 12.6. The van der Waals surface area contributed by atoms with Crippen LogP contribution < -0.4 is 10.4 Å². The molecule has 0 aliphatic heterocycles. The molecule has 6 heteroatoms. The number of para-hydroxylation sites is 3. The normalized spacial score (nSPS) is 12.1. The van der Waals surface area contributed by atoms with E-state index in [-0.39, 0.29) is 26.6 Å². The van der Waals surface area contributed by atoms with Gasteiger partial charge in [-0.3, -0.25) is 0 Å². The molecule has 0 unspecified atom stereocenters. The minimum absolute atomic E-state index is 0. The van der Waals surface area contributed by atoms with Gasteiger partial charge in [-0.15, -0.1) is 17.5 Å². The largest absolute Gasteiger partial charge is 0.319 e. The Morgan fingerprint density at radius 1 is 0.680 bits per heavy atom. The number of pyridine rings is 1. The van der Waals surface area contributed by atoms with Crippen LogP contribution in [-0.4, -0.2) is 26.8 Å². The van der Waals surface area contributed by atoms with Crippen molar-refractivity contribution >= 4 is 51.3 Å². The number of hydrogen-bond acceptors (Lipinski definition) is 1. The fourth-order valence-corrected chi connectivity index (χ4v) is 9.58. The van der Waals surface area contributed by atoms with Gasteiger partial charge in [0, 0.05) is 50.6 Å². The number of benzene rings is 5. The van der Waals surface area contributed by atoms with Crippen LogP contribution in [0, 0.1) is 26.0 Å². The number of fused-ring (bicyclic) bond motifs is 4. The maximum absolute atomic E-state index is 4.95. The standard InChI is InChI=1S/C44H41N4Si.Pt/c1-30-14-12-15-31(2)43(30)32-24-25-45-42(26-32)48-38-19-9-8-18-36(38)37-23-22-35(28-41(37)48)49(6,7)34-17-13-16-33(27-34)46-29-47(44(3,4)5)40-21-11-10-20-39(40)46;/h8-26,29H,1-7H3;/q-1;. The van der Waals surface area contributed by atoms with E-state index in [1.54, 1.807) is 0 Å². The Bertz CT molecular complexity index is 2530. The van der Waals surface area contributed by atoms with Gasteiger partial charge in [-0.2, -0.15) is 40.7 Å². The second-order valence-corrected chi connectivity index (χ2v) is 19.1. The molecule has 0 fully saturated rings. The van der Waals surface area contributed by atoms with Crippen molar-refractivity contribution in [1.29, 1.82) is 0 Å². The third kappa shape index (κ3) is 5.57. The molecule has 3 heterocycles. The van der Waals surface area contributed by atoms with E-state index in [1.165, 1.54) is 54.4 Å². The van der Waals surface area contributed by atoms with E-state index in [0.717, 1.165) is 22.5 Å². The molecule has 0 amide bonds. The molecule has 0 atom stereocenters. The molecule has 0 saturated carbocycles. The maximum atomic E-state index is 4.95. The first kappa shape index (κ1) is 33.9. The van der Waals surface area contributed by atoms with E-state index >= 15 is 0 Å². The van der Waals surface area contributed by atoms with Gasteiger partial charge in [0.2, 0.25) is 0 Å². The van der Waals surface area contributed by atoms with Crippen molar-refractivity contribution in [3.63, 3.8) is 0 Å². The maximum Gasteiger partial charge on any atom is 0.188 e. The molecule has 5 aromatic carbocycles. The van der Waals surface area contributed by atoms with Crippen molar-refractivity contribution in [3.05, 3.63) is 145 Å². The summed E-state index contributed by atoms with van der Waals surface area (Å²) in [5.41, 5.74) is 10.6. The smallest absolute Gasteiger partial charge is 0.188 e. The summed E-state index contributed by atoms with van der Waals surface area (Å²) in [6.45, 7) is 15.9. The van der Waals surface area contributed by atoms with Crippen LogP contribution in [0.4, 0.5) is 0 Å². The molecule has 0 aliphatic rings. The fourth-order valence-electron chi connectivity index (χ4n) is 7.41. The minimum Gasteiger partial charge on any atom is -0.319 e. The van der Waals surface area contributed by atoms with Crippen LogP contribution in [0.3, 0.4) is 0 Å². The zero-order valence-electron chi connectivity index (χ0n) is 29.7. The van der Waals surface area contributed by atoms with Crippen LogP contribution >= 0.6 is 0 Å². The molecule has 50 heavy (non-hydrogen) atoms. The average Bonchev–Trinajstić information content (AvgIpc) is 3.65. The number of hydrogen-bond donors (Lipinski definition) is 0. The van der Waals surface area contributed by atoms with Crippen LogP contribution in [0.1, 0.15) is 31.9 Å². The SMILES string of the molecule is Cc1cccc(C)c1-c1ccnc(-n2c3[c-]c([Si](C)(C)c4[c-]c(-n5[cH+]n(C(C)(C)C)c6ccccc65)ccc4)ccc3c3ccccc32)c1.[Pt]. The Balaban J connectivity index is 0.00000392. The second-order valence-electron chi connectivity index (χ2n) is 14.7. The molecule has 0 bridgehead atoms. The van der Waals surface area contributed by atoms with Crippen molar-refractivity contribution in [3.8, 4) is 22.6 Å². The number of nitrogens with zero attached hydrogens (tertiary/aromatic N) is 4. The molecule has 252 valence electrons. The molecular formula is C44H41N4PtSi-. The summed E-state index contributed by atoms with van der Waals surface area (Å²) in [7, 11) is -2.25. The fraction of sp³-hybridized carbons (Fsp3) is 0.182. The van der Waals surface area contributed by atoms with Crippen molar-refractivity contribution in [2.24, 2.45) is 0 Å². The Labute approximate surface area is 310 Å². The molecule has 3 aromatic heterocycles. The van der Waals surface area contributed by atoms with Gasteiger partial charge in [0.25, 0.3) is 0 Å². The number of rotatable bonds is 5. The van der Waals surface area contributed by atoms with Crippen LogP contribution in [-0.2, 0) is 26.6 Å². The Hall–Kier alpha value is -4.57. The van der Waals surface area contributed by atoms with Crippen molar-refractivity contribution in [1.82, 2.24) is 18.7 Å². The van der Waals surface area contributed by atoms with Crippen molar-refractivity contribution < 1.29 is 21.1 Å². The van der Waals surface area contributed by atoms with Gasteiger partial charge in [0.1, 0.15) is 5.82 Å². The Morgan fingerprint density at radius 3 is 2.08 bits per heavy atom. The van der Waals surface area contributed by atoms with E-state index in [0.29, 0.717) is 0 Å². The predicted octanol–water partition coefficient (Wildman–Crippen LogP) is 9.66. The van der Waals surface area contributed by atoms with E-state index in [9.17, 15) is 0 Å². The third-order valence-corrected chi connectivity index (χ3v) is 13.3. The number of aryl methyl sites for hydroxylation is 2. The molecule has 0 saturated heterocycles. The first-order valence-electron chi connectivity index (χ1n) is 17.1. The summed E-state index contributed by atoms with van der Waals surface area (Å²) in [6.07, 6.45) is 4.17. The molecule has 8 rings (SSSR count). The van der Waals surface area contributed by atoms with Gasteiger partial charge in [0.05, 0.1) is 13.6 Å². The van der Waals surface area contributed by atoms with Crippen LogP contribution in [0.25, 0.3) is 55.5 Å². The summed E-state index contributed by atoms with van der Waals surface area (Å²) in [5.74, 6) is 0.902. The molecule has 0 aliphatic carbocycles. The van der Waals surface area contributed by atoms with E-state index in [2.05, 4.69) is 189 Å². The zero-order valence-corrected chi connectivity index (χ0v) is 32.9. The van der Waals surface area contributed by atoms with Crippen LogP contribution in [0.2, 0.25) is 13.1 Å². The van der Waals surface area contributed by atoms with Gasteiger partial charge in [0.15, 0.2) is 17.4 Å². The van der Waals surface area contributed by atoms with Crippen LogP contribution in [0.15, 0.2) is 122 Å². The quantitative estimate of drug-likeness (QED) is 0.125. The third-order valence-electron chi connectivity index (χ3n) is 10.1. The van der Waals surface area contributed by atoms with Crippen molar-refractivity contribution in [2.45, 2.75) is 53.3 Å². The van der Waals surface area contributed by atoms with Gasteiger partial charge >= 0.3 is 0 Å². The Kier molecular flexibility index (Phi) is 8.57. The Morgan fingerprint density at radius 2 is 1.34 bits per heavy atom. The molecule has 4 nitrogen and oxygen atoms in total. The van der Waals surface area contributed by atoms with Gasteiger partial charge in [-0.1, -0.05) is 55.0 Å². The predicted molar refractivity (Wildman–Crippen MR) is 209 cm³/mol.